The number of imidazole rings is 1. The quantitative estimate of drug-likeness (QED) is 0.768. The maximum atomic E-state index is 5.19. The topological polar surface area (TPSA) is 49.9 Å². The summed E-state index contributed by atoms with van der Waals surface area (Å²) in [7, 11) is 1.68. The van der Waals surface area contributed by atoms with E-state index in [-0.39, 0.29) is 0 Å². The number of rotatable bonds is 7. The number of aromatic amines is 1. The monoisotopic (exact) mass is 287 g/mol. The Morgan fingerprint density at radius 2 is 1.95 bits per heavy atom. The van der Waals surface area contributed by atoms with Gasteiger partial charge in [0, 0.05) is 23.7 Å². The first-order valence-corrected chi connectivity index (χ1v) is 7.53. The molecular weight excluding hydrogens is 262 g/mol. The molecule has 0 radical (unpaired) electrons. The Morgan fingerprint density at radius 1 is 1.24 bits per heavy atom. The zero-order valence-electron chi connectivity index (χ0n) is 13.4. The molecular formula is C17H25N3O. The standard InChI is InChI=1S/C17H25N3O/c1-12(2)18-11-5-6-16-19-13(3)17(20-16)14-7-9-15(21-4)10-8-14/h7-10,12,18H,5-6,11H2,1-4H3,(H,19,20). The normalized spacial score (nSPS) is 11.1. The summed E-state index contributed by atoms with van der Waals surface area (Å²) >= 11 is 0. The van der Waals surface area contributed by atoms with Crippen LogP contribution in [0.3, 0.4) is 0 Å². The Balaban J connectivity index is 2.01. The maximum Gasteiger partial charge on any atom is 0.118 e. The smallest absolute Gasteiger partial charge is 0.118 e. The van der Waals surface area contributed by atoms with Crippen molar-refractivity contribution in [1.29, 1.82) is 0 Å². The van der Waals surface area contributed by atoms with E-state index in [0.29, 0.717) is 6.04 Å². The van der Waals surface area contributed by atoms with E-state index in [1.807, 2.05) is 24.3 Å². The molecule has 0 atom stereocenters. The summed E-state index contributed by atoms with van der Waals surface area (Å²) in [4.78, 5) is 8.12. The third-order valence-electron chi connectivity index (χ3n) is 3.44. The zero-order valence-corrected chi connectivity index (χ0v) is 13.4. The predicted octanol–water partition coefficient (Wildman–Crippen LogP) is 3.32. The summed E-state index contributed by atoms with van der Waals surface area (Å²) in [5, 5.41) is 3.43. The lowest BCUT2D eigenvalue weighted by Crippen LogP contribution is -2.24. The van der Waals surface area contributed by atoms with Crippen molar-refractivity contribution in [1.82, 2.24) is 15.3 Å². The molecule has 1 aromatic carbocycles. The molecule has 0 saturated carbocycles. The number of hydrogen-bond acceptors (Lipinski definition) is 3. The van der Waals surface area contributed by atoms with Gasteiger partial charge < -0.3 is 15.0 Å². The van der Waals surface area contributed by atoms with E-state index in [9.17, 15) is 0 Å². The largest absolute Gasteiger partial charge is 0.497 e. The van der Waals surface area contributed by atoms with Gasteiger partial charge in [0.15, 0.2) is 0 Å². The van der Waals surface area contributed by atoms with Crippen molar-refractivity contribution in [3.63, 3.8) is 0 Å². The van der Waals surface area contributed by atoms with Crippen LogP contribution in [-0.2, 0) is 6.42 Å². The molecule has 0 aliphatic carbocycles. The fourth-order valence-corrected chi connectivity index (χ4v) is 2.32. The second-order valence-corrected chi connectivity index (χ2v) is 5.60. The molecule has 4 heteroatoms. The molecule has 2 rings (SSSR count). The highest BCUT2D eigenvalue weighted by molar-refractivity contribution is 5.62. The van der Waals surface area contributed by atoms with Crippen LogP contribution in [0, 0.1) is 6.92 Å². The van der Waals surface area contributed by atoms with Gasteiger partial charge in [-0.15, -0.1) is 0 Å². The molecule has 0 unspecified atom stereocenters. The molecule has 0 amide bonds. The fraction of sp³-hybridized carbons (Fsp3) is 0.471. The van der Waals surface area contributed by atoms with Gasteiger partial charge in [-0.2, -0.15) is 0 Å². The number of ether oxygens (including phenoxy) is 1. The molecule has 0 aliphatic rings. The lowest BCUT2D eigenvalue weighted by Gasteiger charge is -2.06. The van der Waals surface area contributed by atoms with Crippen molar-refractivity contribution in [2.45, 2.75) is 39.7 Å². The van der Waals surface area contributed by atoms with Crippen LogP contribution >= 0.6 is 0 Å². The van der Waals surface area contributed by atoms with E-state index in [2.05, 4.69) is 31.1 Å². The minimum atomic E-state index is 0.540. The average Bonchev–Trinajstić information content (AvgIpc) is 2.84. The molecule has 2 aromatic rings. The highest BCUT2D eigenvalue weighted by atomic mass is 16.5. The Kier molecular flexibility index (Phi) is 5.39. The number of aromatic nitrogens is 2. The Hall–Kier alpha value is -1.81. The molecule has 4 nitrogen and oxygen atoms in total. The maximum absolute atomic E-state index is 5.19. The summed E-state index contributed by atoms with van der Waals surface area (Å²) in [6.07, 6.45) is 2.06. The van der Waals surface area contributed by atoms with Crippen LogP contribution in [0.15, 0.2) is 24.3 Å². The lowest BCUT2D eigenvalue weighted by atomic mass is 10.1. The molecule has 114 valence electrons. The molecule has 21 heavy (non-hydrogen) atoms. The summed E-state index contributed by atoms with van der Waals surface area (Å²) in [6, 6.07) is 8.57. The number of aryl methyl sites for hydroxylation is 2. The molecule has 1 heterocycles. The van der Waals surface area contributed by atoms with Crippen LogP contribution in [0.2, 0.25) is 0 Å². The average molecular weight is 287 g/mol. The van der Waals surface area contributed by atoms with E-state index in [1.165, 1.54) is 0 Å². The molecule has 0 fully saturated rings. The first kappa shape index (κ1) is 15.6. The van der Waals surface area contributed by atoms with Crippen LogP contribution in [0.4, 0.5) is 0 Å². The van der Waals surface area contributed by atoms with Crippen molar-refractivity contribution in [3.05, 3.63) is 35.8 Å². The Labute approximate surface area is 127 Å². The van der Waals surface area contributed by atoms with Crippen LogP contribution in [0.25, 0.3) is 11.3 Å². The van der Waals surface area contributed by atoms with Crippen molar-refractivity contribution in [2.75, 3.05) is 13.7 Å². The van der Waals surface area contributed by atoms with Crippen molar-refractivity contribution in [2.24, 2.45) is 0 Å². The van der Waals surface area contributed by atoms with Gasteiger partial charge in [-0.1, -0.05) is 13.8 Å². The second kappa shape index (κ2) is 7.27. The third kappa shape index (κ3) is 4.33. The van der Waals surface area contributed by atoms with Crippen LogP contribution < -0.4 is 10.1 Å². The van der Waals surface area contributed by atoms with E-state index < -0.39 is 0 Å². The molecule has 0 spiro atoms. The summed E-state index contributed by atoms with van der Waals surface area (Å²) < 4.78 is 5.19. The molecule has 2 N–H and O–H groups in total. The third-order valence-corrected chi connectivity index (χ3v) is 3.44. The van der Waals surface area contributed by atoms with Crippen molar-refractivity contribution >= 4 is 0 Å². The van der Waals surface area contributed by atoms with Crippen LogP contribution in [-0.4, -0.2) is 29.7 Å². The lowest BCUT2D eigenvalue weighted by molar-refractivity contribution is 0.415. The predicted molar refractivity (Wildman–Crippen MR) is 86.8 cm³/mol. The minimum absolute atomic E-state index is 0.540. The van der Waals surface area contributed by atoms with Crippen molar-refractivity contribution < 1.29 is 4.74 Å². The second-order valence-electron chi connectivity index (χ2n) is 5.60. The first-order chi connectivity index (χ1) is 10.1. The summed E-state index contributed by atoms with van der Waals surface area (Å²) in [5.41, 5.74) is 3.27. The molecule has 0 bridgehead atoms. The van der Waals surface area contributed by atoms with E-state index >= 15 is 0 Å². The van der Waals surface area contributed by atoms with E-state index in [4.69, 9.17) is 9.72 Å². The Bertz CT molecular complexity index is 558. The van der Waals surface area contributed by atoms with Crippen molar-refractivity contribution in [3.8, 4) is 17.0 Å². The summed E-state index contributed by atoms with van der Waals surface area (Å²) in [5.74, 6) is 1.93. The number of nitrogens with zero attached hydrogens (tertiary/aromatic N) is 1. The van der Waals surface area contributed by atoms with Gasteiger partial charge in [-0.25, -0.2) is 4.98 Å². The summed E-state index contributed by atoms with van der Waals surface area (Å²) in [6.45, 7) is 7.43. The van der Waals surface area contributed by atoms with Crippen LogP contribution in [0.1, 0.15) is 31.8 Å². The van der Waals surface area contributed by atoms with Gasteiger partial charge in [-0.3, -0.25) is 0 Å². The van der Waals surface area contributed by atoms with Gasteiger partial charge in [-0.05, 0) is 44.2 Å². The van der Waals surface area contributed by atoms with E-state index in [1.54, 1.807) is 7.11 Å². The highest BCUT2D eigenvalue weighted by Crippen LogP contribution is 2.23. The van der Waals surface area contributed by atoms with Gasteiger partial charge in [0.25, 0.3) is 0 Å². The first-order valence-electron chi connectivity index (χ1n) is 7.53. The molecule has 0 aliphatic heterocycles. The minimum Gasteiger partial charge on any atom is -0.497 e. The van der Waals surface area contributed by atoms with Gasteiger partial charge in [0.2, 0.25) is 0 Å². The number of methoxy groups -OCH3 is 1. The molecule has 1 aromatic heterocycles. The highest BCUT2D eigenvalue weighted by Gasteiger charge is 2.09. The fourth-order valence-electron chi connectivity index (χ4n) is 2.32. The van der Waals surface area contributed by atoms with Gasteiger partial charge >= 0.3 is 0 Å². The number of benzene rings is 1. The number of hydrogen-bond donors (Lipinski definition) is 2. The van der Waals surface area contributed by atoms with E-state index in [0.717, 1.165) is 47.9 Å². The number of H-pyrrole nitrogens is 1. The SMILES string of the molecule is COc1ccc(-c2nc(CCCNC(C)C)[nH]c2C)cc1. The van der Waals surface area contributed by atoms with Gasteiger partial charge in [0.05, 0.1) is 12.8 Å². The van der Waals surface area contributed by atoms with Gasteiger partial charge in [0.1, 0.15) is 11.6 Å². The Morgan fingerprint density at radius 3 is 2.57 bits per heavy atom. The van der Waals surface area contributed by atoms with Crippen LogP contribution in [0.5, 0.6) is 5.75 Å². The zero-order chi connectivity index (χ0) is 15.2. The molecule has 0 saturated heterocycles. The number of nitrogens with one attached hydrogen (secondary N) is 2.